The van der Waals surface area contributed by atoms with E-state index in [4.69, 9.17) is 5.73 Å². The Hall–Kier alpha value is -1.91. The molecule has 0 aliphatic heterocycles. The van der Waals surface area contributed by atoms with E-state index in [1.54, 1.807) is 0 Å². The van der Waals surface area contributed by atoms with Crippen molar-refractivity contribution in [1.29, 1.82) is 0 Å². The average Bonchev–Trinajstić information content (AvgIpc) is 2.77. The van der Waals surface area contributed by atoms with Crippen LogP contribution in [0, 0.1) is 0 Å². The van der Waals surface area contributed by atoms with E-state index in [0.29, 0.717) is 5.69 Å². The summed E-state index contributed by atoms with van der Waals surface area (Å²) in [7, 11) is 0. The molecular formula is C11H15N5. The van der Waals surface area contributed by atoms with Gasteiger partial charge < -0.3 is 5.73 Å². The lowest BCUT2D eigenvalue weighted by atomic mass is 10.1. The highest BCUT2D eigenvalue weighted by Crippen LogP contribution is 2.25. The molecule has 0 spiro atoms. The molecule has 2 N–H and O–H groups in total. The minimum atomic E-state index is 0.268. The van der Waals surface area contributed by atoms with E-state index < -0.39 is 0 Å². The van der Waals surface area contributed by atoms with Gasteiger partial charge in [0.25, 0.3) is 0 Å². The first-order chi connectivity index (χ1) is 7.74. The maximum absolute atomic E-state index is 5.91. The molecule has 2 aromatic rings. The van der Waals surface area contributed by atoms with Gasteiger partial charge in [0.1, 0.15) is 0 Å². The summed E-state index contributed by atoms with van der Waals surface area (Å²) in [5.74, 6) is 0.729. The largest absolute Gasteiger partial charge is 0.398 e. The molecule has 0 radical (unpaired) electrons. The van der Waals surface area contributed by atoms with Crippen molar-refractivity contribution in [3.8, 4) is 11.4 Å². The third-order valence-electron chi connectivity index (χ3n) is 2.70. The van der Waals surface area contributed by atoms with Gasteiger partial charge in [0.05, 0.1) is 6.04 Å². The summed E-state index contributed by atoms with van der Waals surface area (Å²) in [6, 6.07) is 7.88. The minimum absolute atomic E-state index is 0.268. The van der Waals surface area contributed by atoms with Gasteiger partial charge in [-0.3, -0.25) is 0 Å². The van der Waals surface area contributed by atoms with E-state index in [0.717, 1.165) is 17.8 Å². The van der Waals surface area contributed by atoms with Crippen LogP contribution in [0.15, 0.2) is 24.3 Å². The SMILES string of the molecule is CCC(C)n1nnnc1-c1ccccc1N. The summed E-state index contributed by atoms with van der Waals surface area (Å²) in [6.45, 7) is 4.18. The van der Waals surface area contributed by atoms with Gasteiger partial charge in [0.15, 0.2) is 5.82 Å². The topological polar surface area (TPSA) is 69.6 Å². The molecule has 16 heavy (non-hydrogen) atoms. The molecule has 5 nitrogen and oxygen atoms in total. The molecular weight excluding hydrogens is 202 g/mol. The fourth-order valence-electron chi connectivity index (χ4n) is 1.54. The van der Waals surface area contributed by atoms with Crippen molar-refractivity contribution in [3.05, 3.63) is 24.3 Å². The highest BCUT2D eigenvalue weighted by atomic mass is 15.5. The van der Waals surface area contributed by atoms with Crippen LogP contribution in [0.2, 0.25) is 0 Å². The number of nitrogen functional groups attached to an aromatic ring is 1. The van der Waals surface area contributed by atoms with Crippen molar-refractivity contribution in [1.82, 2.24) is 20.2 Å². The number of anilines is 1. The Bertz CT molecular complexity index is 477. The van der Waals surface area contributed by atoms with Crippen molar-refractivity contribution in [2.45, 2.75) is 26.3 Å². The van der Waals surface area contributed by atoms with E-state index in [1.165, 1.54) is 0 Å². The first-order valence-corrected chi connectivity index (χ1v) is 5.36. The standard InChI is InChI=1S/C11H15N5/c1-3-8(2)16-11(13-14-15-16)9-6-4-5-7-10(9)12/h4-8H,3,12H2,1-2H3. The average molecular weight is 217 g/mol. The number of tetrazole rings is 1. The maximum Gasteiger partial charge on any atom is 0.184 e. The Kier molecular flexibility index (Phi) is 2.85. The summed E-state index contributed by atoms with van der Waals surface area (Å²) < 4.78 is 1.81. The predicted molar refractivity (Wildman–Crippen MR) is 62.7 cm³/mol. The van der Waals surface area contributed by atoms with Gasteiger partial charge in [0, 0.05) is 11.3 Å². The van der Waals surface area contributed by atoms with Gasteiger partial charge in [-0.05, 0) is 35.9 Å². The third-order valence-corrected chi connectivity index (χ3v) is 2.70. The van der Waals surface area contributed by atoms with E-state index in [9.17, 15) is 0 Å². The Balaban J connectivity index is 2.49. The molecule has 1 atom stereocenters. The molecule has 1 unspecified atom stereocenters. The first-order valence-electron chi connectivity index (χ1n) is 5.36. The van der Waals surface area contributed by atoms with Crippen LogP contribution in [0.25, 0.3) is 11.4 Å². The van der Waals surface area contributed by atoms with E-state index in [-0.39, 0.29) is 6.04 Å². The van der Waals surface area contributed by atoms with Crippen molar-refractivity contribution in [2.75, 3.05) is 5.73 Å². The second-order valence-corrected chi connectivity index (χ2v) is 3.79. The third kappa shape index (κ3) is 1.76. The number of nitrogens with zero attached hydrogens (tertiary/aromatic N) is 4. The van der Waals surface area contributed by atoms with Crippen LogP contribution in [-0.4, -0.2) is 20.2 Å². The fraction of sp³-hybridized carbons (Fsp3) is 0.364. The number of aromatic nitrogens is 4. The lowest BCUT2D eigenvalue weighted by Gasteiger charge is -2.11. The van der Waals surface area contributed by atoms with Gasteiger partial charge in [-0.2, -0.15) is 0 Å². The number of rotatable bonds is 3. The van der Waals surface area contributed by atoms with Crippen molar-refractivity contribution >= 4 is 5.69 Å². The first kappa shape index (κ1) is 10.6. The van der Waals surface area contributed by atoms with Crippen LogP contribution in [-0.2, 0) is 0 Å². The predicted octanol–water partition coefficient (Wildman–Crippen LogP) is 1.89. The molecule has 84 valence electrons. The van der Waals surface area contributed by atoms with Crippen LogP contribution in [0.1, 0.15) is 26.3 Å². The lowest BCUT2D eigenvalue weighted by molar-refractivity contribution is 0.469. The summed E-state index contributed by atoms with van der Waals surface area (Å²) in [6.07, 6.45) is 0.977. The fourth-order valence-corrected chi connectivity index (χ4v) is 1.54. The van der Waals surface area contributed by atoms with Crippen molar-refractivity contribution in [2.24, 2.45) is 0 Å². The van der Waals surface area contributed by atoms with Crippen molar-refractivity contribution in [3.63, 3.8) is 0 Å². The summed E-state index contributed by atoms with van der Waals surface area (Å²) in [5.41, 5.74) is 7.49. The maximum atomic E-state index is 5.91. The normalized spacial score (nSPS) is 12.6. The Morgan fingerprint density at radius 2 is 2.12 bits per heavy atom. The Morgan fingerprint density at radius 3 is 2.81 bits per heavy atom. The lowest BCUT2D eigenvalue weighted by Crippen LogP contribution is -2.08. The van der Waals surface area contributed by atoms with Gasteiger partial charge in [0.2, 0.25) is 0 Å². The molecule has 2 rings (SSSR count). The van der Waals surface area contributed by atoms with Crippen LogP contribution in [0.5, 0.6) is 0 Å². The molecule has 0 aliphatic rings. The van der Waals surface area contributed by atoms with E-state index in [2.05, 4.69) is 29.4 Å². The van der Waals surface area contributed by atoms with Gasteiger partial charge in [-0.25, -0.2) is 4.68 Å². The van der Waals surface area contributed by atoms with Crippen LogP contribution in [0.4, 0.5) is 5.69 Å². The zero-order valence-corrected chi connectivity index (χ0v) is 9.46. The second kappa shape index (κ2) is 4.30. The second-order valence-electron chi connectivity index (χ2n) is 3.79. The smallest absolute Gasteiger partial charge is 0.184 e. The van der Waals surface area contributed by atoms with Gasteiger partial charge in [-0.15, -0.1) is 5.10 Å². The number of benzene rings is 1. The summed E-state index contributed by atoms with van der Waals surface area (Å²) >= 11 is 0. The zero-order chi connectivity index (χ0) is 11.5. The molecule has 1 heterocycles. The number of hydrogen-bond donors (Lipinski definition) is 1. The highest BCUT2D eigenvalue weighted by molar-refractivity contribution is 5.71. The quantitative estimate of drug-likeness (QED) is 0.797. The van der Waals surface area contributed by atoms with Gasteiger partial charge in [-0.1, -0.05) is 19.1 Å². The monoisotopic (exact) mass is 217 g/mol. The molecule has 0 saturated heterocycles. The molecule has 0 aliphatic carbocycles. The summed E-state index contributed by atoms with van der Waals surface area (Å²) in [4.78, 5) is 0. The Labute approximate surface area is 94.3 Å². The molecule has 1 aromatic carbocycles. The van der Waals surface area contributed by atoms with E-state index in [1.807, 2.05) is 28.9 Å². The molecule has 0 fully saturated rings. The number of para-hydroxylation sites is 1. The molecule has 0 bridgehead atoms. The summed E-state index contributed by atoms with van der Waals surface area (Å²) in [5, 5.41) is 11.8. The van der Waals surface area contributed by atoms with Crippen LogP contribution in [0.3, 0.4) is 0 Å². The van der Waals surface area contributed by atoms with Crippen LogP contribution < -0.4 is 5.73 Å². The minimum Gasteiger partial charge on any atom is -0.398 e. The Morgan fingerprint density at radius 1 is 1.38 bits per heavy atom. The number of hydrogen-bond acceptors (Lipinski definition) is 4. The molecule has 0 saturated carbocycles. The van der Waals surface area contributed by atoms with Crippen LogP contribution >= 0.6 is 0 Å². The highest BCUT2D eigenvalue weighted by Gasteiger charge is 2.14. The molecule has 5 heteroatoms. The van der Waals surface area contributed by atoms with Crippen molar-refractivity contribution < 1.29 is 0 Å². The zero-order valence-electron chi connectivity index (χ0n) is 9.46. The van der Waals surface area contributed by atoms with Gasteiger partial charge >= 0.3 is 0 Å². The van der Waals surface area contributed by atoms with E-state index >= 15 is 0 Å². The molecule has 1 aromatic heterocycles. The number of nitrogens with two attached hydrogens (primary N) is 1. The molecule has 0 amide bonds.